The monoisotopic (exact) mass is 391 g/mol. The molecule has 0 saturated heterocycles. The third-order valence-electron chi connectivity index (χ3n) is 3.59. The number of amides is 1. The van der Waals surface area contributed by atoms with Gasteiger partial charge >= 0.3 is 6.18 Å². The molecule has 1 heterocycles. The summed E-state index contributed by atoms with van der Waals surface area (Å²) in [6.07, 6.45) is -1.81. The molecule has 0 radical (unpaired) electrons. The van der Waals surface area contributed by atoms with Crippen LogP contribution >= 0.6 is 11.6 Å². The zero-order chi connectivity index (χ0) is 19.4. The topological polar surface area (TPSA) is 54.0 Å². The molecular weight excluding hydrogens is 379 g/mol. The van der Waals surface area contributed by atoms with E-state index in [1.807, 2.05) is 0 Å². The van der Waals surface area contributed by atoms with Crippen molar-refractivity contribution >= 4 is 34.6 Å². The van der Waals surface area contributed by atoms with Crippen molar-refractivity contribution in [3.8, 4) is 0 Å². The molecular formula is C19H13ClF3N3O. The van der Waals surface area contributed by atoms with Gasteiger partial charge in [-0.15, -0.1) is 0 Å². The lowest BCUT2D eigenvalue weighted by molar-refractivity contribution is -0.136. The minimum Gasteiger partial charge on any atom is -0.354 e. The van der Waals surface area contributed by atoms with Crippen molar-refractivity contribution in [2.75, 3.05) is 10.6 Å². The van der Waals surface area contributed by atoms with Gasteiger partial charge in [-0.2, -0.15) is 13.2 Å². The molecule has 3 rings (SSSR count). The molecule has 0 unspecified atom stereocenters. The van der Waals surface area contributed by atoms with Crippen LogP contribution in [0.4, 0.5) is 30.2 Å². The predicted octanol–water partition coefficient (Wildman–Crippen LogP) is 5.75. The van der Waals surface area contributed by atoms with E-state index in [1.165, 1.54) is 36.7 Å². The molecule has 0 aliphatic carbocycles. The molecule has 0 atom stereocenters. The largest absolute Gasteiger partial charge is 0.418 e. The minimum absolute atomic E-state index is 0.110. The molecule has 27 heavy (non-hydrogen) atoms. The molecule has 2 N–H and O–H groups in total. The van der Waals surface area contributed by atoms with Gasteiger partial charge in [0.2, 0.25) is 0 Å². The van der Waals surface area contributed by atoms with Gasteiger partial charge in [0.15, 0.2) is 0 Å². The molecule has 2 aromatic carbocycles. The second-order valence-electron chi connectivity index (χ2n) is 5.60. The number of alkyl halides is 3. The lowest BCUT2D eigenvalue weighted by Crippen LogP contribution is -2.17. The van der Waals surface area contributed by atoms with E-state index in [0.29, 0.717) is 16.4 Å². The van der Waals surface area contributed by atoms with Crippen LogP contribution in [-0.2, 0) is 6.18 Å². The summed E-state index contributed by atoms with van der Waals surface area (Å²) in [4.78, 5) is 16.3. The Morgan fingerprint density at radius 1 is 0.963 bits per heavy atom. The average molecular weight is 392 g/mol. The Bertz CT molecular complexity index is 976. The third kappa shape index (κ3) is 4.77. The average Bonchev–Trinajstić information content (AvgIpc) is 2.61. The van der Waals surface area contributed by atoms with Gasteiger partial charge in [-0.05, 0) is 36.4 Å². The van der Waals surface area contributed by atoms with E-state index in [2.05, 4.69) is 15.6 Å². The van der Waals surface area contributed by atoms with E-state index >= 15 is 0 Å². The number of halogens is 4. The maximum Gasteiger partial charge on any atom is 0.418 e. The summed E-state index contributed by atoms with van der Waals surface area (Å²) in [5.74, 6) is -0.700. The van der Waals surface area contributed by atoms with Crippen molar-refractivity contribution < 1.29 is 18.0 Å². The molecule has 0 spiro atoms. The smallest absolute Gasteiger partial charge is 0.354 e. The first-order chi connectivity index (χ1) is 12.8. The van der Waals surface area contributed by atoms with Gasteiger partial charge in [-0.1, -0.05) is 29.8 Å². The van der Waals surface area contributed by atoms with Crippen molar-refractivity contribution in [2.45, 2.75) is 6.18 Å². The number of carbonyl (C=O) groups excluding carboxylic acids is 1. The van der Waals surface area contributed by atoms with E-state index in [9.17, 15) is 18.0 Å². The first kappa shape index (κ1) is 18.7. The van der Waals surface area contributed by atoms with Crippen LogP contribution in [0.3, 0.4) is 0 Å². The number of hydrogen-bond donors (Lipinski definition) is 2. The molecule has 0 saturated carbocycles. The van der Waals surface area contributed by atoms with Gasteiger partial charge in [0.25, 0.3) is 5.91 Å². The van der Waals surface area contributed by atoms with Crippen LogP contribution in [-0.4, -0.2) is 10.9 Å². The molecule has 0 bridgehead atoms. The number of hydrogen-bond acceptors (Lipinski definition) is 3. The first-order valence-corrected chi connectivity index (χ1v) is 8.16. The Labute approximate surface area is 158 Å². The van der Waals surface area contributed by atoms with Crippen LogP contribution in [0.25, 0.3) is 0 Å². The minimum atomic E-state index is -4.57. The second kappa shape index (κ2) is 7.67. The van der Waals surface area contributed by atoms with Crippen molar-refractivity contribution in [3.63, 3.8) is 0 Å². The van der Waals surface area contributed by atoms with Crippen molar-refractivity contribution in [1.29, 1.82) is 0 Å². The number of carbonyl (C=O) groups is 1. The SMILES string of the molecule is O=C(Nc1ccccc1C(F)(F)F)c1cncc(Nc2cccc(Cl)c2)c1. The standard InChI is InChI=1S/C19H13ClF3N3O/c20-13-4-3-5-14(9-13)25-15-8-12(10-24-11-15)18(27)26-17-7-2-1-6-16(17)19(21,22)23/h1-11,25H,(H,26,27). The maximum absolute atomic E-state index is 13.1. The molecule has 138 valence electrons. The summed E-state index contributed by atoms with van der Waals surface area (Å²) in [5.41, 5.74) is 0.0556. The summed E-state index contributed by atoms with van der Waals surface area (Å²) in [5, 5.41) is 5.85. The lowest BCUT2D eigenvalue weighted by atomic mass is 10.1. The number of anilines is 3. The van der Waals surface area contributed by atoms with Crippen LogP contribution in [0, 0.1) is 0 Å². The van der Waals surface area contributed by atoms with Gasteiger partial charge in [0, 0.05) is 16.9 Å². The van der Waals surface area contributed by atoms with Crippen molar-refractivity contribution in [2.24, 2.45) is 0 Å². The summed E-state index contributed by atoms with van der Waals surface area (Å²) < 4.78 is 39.2. The highest BCUT2D eigenvalue weighted by molar-refractivity contribution is 6.30. The molecule has 0 aliphatic heterocycles. The van der Waals surface area contributed by atoms with Gasteiger partial charge in [-0.25, -0.2) is 0 Å². The number of benzene rings is 2. The summed E-state index contributed by atoms with van der Waals surface area (Å²) >= 11 is 5.92. The third-order valence-corrected chi connectivity index (χ3v) is 3.83. The van der Waals surface area contributed by atoms with Crippen molar-refractivity contribution in [3.05, 3.63) is 83.1 Å². The van der Waals surface area contributed by atoms with Crippen LogP contribution in [0.1, 0.15) is 15.9 Å². The molecule has 8 heteroatoms. The van der Waals surface area contributed by atoms with Gasteiger partial charge in [-0.3, -0.25) is 9.78 Å². The zero-order valence-electron chi connectivity index (χ0n) is 13.7. The van der Waals surface area contributed by atoms with E-state index in [4.69, 9.17) is 11.6 Å². The van der Waals surface area contributed by atoms with E-state index in [0.717, 1.165) is 6.07 Å². The van der Waals surface area contributed by atoms with Crippen LogP contribution < -0.4 is 10.6 Å². The normalized spacial score (nSPS) is 11.1. The Morgan fingerprint density at radius 2 is 1.74 bits per heavy atom. The maximum atomic E-state index is 13.1. The fourth-order valence-corrected chi connectivity index (χ4v) is 2.59. The van der Waals surface area contributed by atoms with Crippen molar-refractivity contribution in [1.82, 2.24) is 4.98 Å². The fraction of sp³-hybridized carbons (Fsp3) is 0.0526. The van der Waals surface area contributed by atoms with Gasteiger partial charge in [0.1, 0.15) is 0 Å². The summed E-state index contributed by atoms with van der Waals surface area (Å²) in [7, 11) is 0. The highest BCUT2D eigenvalue weighted by Gasteiger charge is 2.33. The highest BCUT2D eigenvalue weighted by Crippen LogP contribution is 2.34. The number of aromatic nitrogens is 1. The Morgan fingerprint density at radius 3 is 2.48 bits per heavy atom. The van der Waals surface area contributed by atoms with E-state index in [-0.39, 0.29) is 11.3 Å². The predicted molar refractivity (Wildman–Crippen MR) is 98.4 cm³/mol. The van der Waals surface area contributed by atoms with Crippen LogP contribution in [0.5, 0.6) is 0 Å². The number of para-hydroxylation sites is 1. The number of pyridine rings is 1. The molecule has 4 nitrogen and oxygen atoms in total. The number of nitrogens with one attached hydrogen (secondary N) is 2. The molecule has 1 amide bonds. The molecule has 0 fully saturated rings. The fourth-order valence-electron chi connectivity index (χ4n) is 2.40. The first-order valence-electron chi connectivity index (χ1n) is 7.78. The second-order valence-corrected chi connectivity index (χ2v) is 6.03. The van der Waals surface area contributed by atoms with Crippen LogP contribution in [0.15, 0.2) is 67.0 Å². The molecule has 1 aromatic heterocycles. The molecule has 3 aromatic rings. The number of nitrogens with zero attached hydrogens (tertiary/aromatic N) is 1. The highest BCUT2D eigenvalue weighted by atomic mass is 35.5. The van der Waals surface area contributed by atoms with Gasteiger partial charge < -0.3 is 10.6 Å². The molecule has 0 aliphatic rings. The number of rotatable bonds is 4. The summed E-state index contributed by atoms with van der Waals surface area (Å²) in [6, 6.07) is 13.2. The van der Waals surface area contributed by atoms with E-state index < -0.39 is 17.6 Å². The lowest BCUT2D eigenvalue weighted by Gasteiger charge is -2.14. The van der Waals surface area contributed by atoms with E-state index in [1.54, 1.807) is 24.3 Å². The van der Waals surface area contributed by atoms with Gasteiger partial charge in [0.05, 0.1) is 28.7 Å². The Kier molecular flexibility index (Phi) is 5.32. The zero-order valence-corrected chi connectivity index (χ0v) is 14.5. The quantitative estimate of drug-likeness (QED) is 0.595. The Hall–Kier alpha value is -3.06. The summed E-state index contributed by atoms with van der Waals surface area (Å²) in [6.45, 7) is 0. The van der Waals surface area contributed by atoms with Crippen LogP contribution in [0.2, 0.25) is 5.02 Å². The Balaban J connectivity index is 1.81.